The second-order valence-corrected chi connectivity index (χ2v) is 11.2. The van der Waals surface area contributed by atoms with E-state index in [9.17, 15) is 13.2 Å². The van der Waals surface area contributed by atoms with Crippen LogP contribution in [0.25, 0.3) is 0 Å². The number of hydrogen-bond donors (Lipinski definition) is 0. The first-order valence-corrected chi connectivity index (χ1v) is 13.1. The fourth-order valence-electron chi connectivity index (χ4n) is 4.75. The lowest BCUT2D eigenvalue weighted by Crippen LogP contribution is -2.39. The van der Waals surface area contributed by atoms with Gasteiger partial charge in [0.05, 0.1) is 11.4 Å². The van der Waals surface area contributed by atoms with E-state index in [1.807, 2.05) is 41.1 Å². The quantitative estimate of drug-likeness (QED) is 0.697. The monoisotopic (exact) mass is 455 g/mol. The molecule has 0 saturated heterocycles. The highest BCUT2D eigenvalue weighted by Gasteiger charge is 2.34. The van der Waals surface area contributed by atoms with Crippen molar-refractivity contribution in [3.05, 3.63) is 59.7 Å². The van der Waals surface area contributed by atoms with Gasteiger partial charge in [0.1, 0.15) is 0 Å². The van der Waals surface area contributed by atoms with Crippen molar-refractivity contribution >= 4 is 38.5 Å². The van der Waals surface area contributed by atoms with Gasteiger partial charge in [0.15, 0.2) is 5.17 Å². The molecular formula is C23H25N3O3S2. The Bertz CT molecular complexity index is 1140. The fourth-order valence-corrected chi connectivity index (χ4v) is 7.05. The van der Waals surface area contributed by atoms with Gasteiger partial charge in [-0.05, 0) is 67.1 Å². The lowest BCUT2D eigenvalue weighted by Gasteiger charge is -2.35. The normalized spacial score (nSPS) is 24.2. The number of thioether (sulfide) groups is 1. The molecule has 2 aromatic carbocycles. The van der Waals surface area contributed by atoms with E-state index in [-0.39, 0.29) is 17.7 Å². The molecule has 0 radical (unpaired) electrons. The predicted octanol–water partition coefficient (Wildman–Crippen LogP) is 4.10. The number of nitrogens with zero attached hydrogens (tertiary/aromatic N) is 3. The Morgan fingerprint density at radius 1 is 1.10 bits per heavy atom. The minimum atomic E-state index is -3.38. The standard InChI is InChI=1S/C23H25N3O3S2/c1-25(19-10-7-17(8-11-19)16-5-3-2-4-6-16)22(27)18-9-12-20-21(15-18)30-23-24-31(28,29)14-13-26(20)23/h2-6,9,12,15,17,19H,7-8,10-11,13-14H2,1H3. The Kier molecular flexibility index (Phi) is 5.30. The van der Waals surface area contributed by atoms with Gasteiger partial charge in [0, 0.05) is 30.1 Å². The Morgan fingerprint density at radius 3 is 2.58 bits per heavy atom. The van der Waals surface area contributed by atoms with Gasteiger partial charge >= 0.3 is 0 Å². The van der Waals surface area contributed by atoms with Crippen LogP contribution in [-0.2, 0) is 10.0 Å². The zero-order valence-electron chi connectivity index (χ0n) is 17.4. The summed E-state index contributed by atoms with van der Waals surface area (Å²) in [6.45, 7) is 0.402. The number of rotatable bonds is 3. The number of sulfonamides is 1. The topological polar surface area (TPSA) is 70.0 Å². The van der Waals surface area contributed by atoms with Crippen LogP contribution in [0.3, 0.4) is 0 Å². The van der Waals surface area contributed by atoms with Crippen LogP contribution >= 0.6 is 11.8 Å². The molecule has 2 aromatic rings. The second-order valence-electron chi connectivity index (χ2n) is 8.43. The highest BCUT2D eigenvalue weighted by molar-refractivity contribution is 8.15. The SMILES string of the molecule is CN(C(=O)c1ccc2c(c1)SC1=NS(=O)(=O)CCN12)C1CCC(c2ccccc2)CC1. The number of amides is 1. The molecule has 162 valence electrons. The zero-order chi connectivity index (χ0) is 21.6. The van der Waals surface area contributed by atoms with Gasteiger partial charge in [-0.3, -0.25) is 4.79 Å². The predicted molar refractivity (Wildman–Crippen MR) is 124 cm³/mol. The lowest BCUT2D eigenvalue weighted by molar-refractivity contribution is 0.0689. The number of anilines is 1. The molecular weight excluding hydrogens is 430 g/mol. The van der Waals surface area contributed by atoms with Crippen molar-refractivity contribution in [2.45, 2.75) is 42.5 Å². The molecule has 0 atom stereocenters. The van der Waals surface area contributed by atoms with Crippen LogP contribution < -0.4 is 4.90 Å². The average Bonchev–Trinajstić information content (AvgIpc) is 3.14. The molecule has 1 aliphatic carbocycles. The van der Waals surface area contributed by atoms with Crippen LogP contribution in [0, 0.1) is 0 Å². The largest absolute Gasteiger partial charge is 0.339 e. The summed E-state index contributed by atoms with van der Waals surface area (Å²) in [7, 11) is -1.48. The molecule has 8 heteroatoms. The average molecular weight is 456 g/mol. The molecule has 31 heavy (non-hydrogen) atoms. The molecule has 0 aromatic heterocycles. The lowest BCUT2D eigenvalue weighted by atomic mass is 9.81. The molecule has 0 spiro atoms. The van der Waals surface area contributed by atoms with Crippen molar-refractivity contribution in [3.8, 4) is 0 Å². The van der Waals surface area contributed by atoms with Crippen molar-refractivity contribution in [1.82, 2.24) is 4.90 Å². The molecule has 1 fully saturated rings. The summed E-state index contributed by atoms with van der Waals surface area (Å²) in [6, 6.07) is 16.5. The first kappa shape index (κ1) is 20.6. The number of fused-ring (bicyclic) bond motifs is 3. The van der Waals surface area contributed by atoms with Crippen molar-refractivity contribution in [1.29, 1.82) is 0 Å². The van der Waals surface area contributed by atoms with Crippen LogP contribution in [0.4, 0.5) is 5.69 Å². The van der Waals surface area contributed by atoms with Gasteiger partial charge in [-0.2, -0.15) is 0 Å². The fraction of sp³-hybridized carbons (Fsp3) is 0.391. The van der Waals surface area contributed by atoms with Gasteiger partial charge in [-0.25, -0.2) is 8.42 Å². The molecule has 0 unspecified atom stereocenters. The van der Waals surface area contributed by atoms with E-state index in [2.05, 4.69) is 28.7 Å². The maximum Gasteiger partial charge on any atom is 0.257 e. The third-order valence-corrected chi connectivity index (χ3v) is 8.86. The smallest absolute Gasteiger partial charge is 0.257 e. The van der Waals surface area contributed by atoms with Gasteiger partial charge in [-0.1, -0.05) is 30.3 Å². The van der Waals surface area contributed by atoms with Crippen LogP contribution in [0.15, 0.2) is 57.8 Å². The Labute approximate surface area is 187 Å². The molecule has 0 bridgehead atoms. The van der Waals surface area contributed by atoms with E-state index >= 15 is 0 Å². The van der Waals surface area contributed by atoms with Crippen molar-refractivity contribution in [2.75, 3.05) is 24.2 Å². The Morgan fingerprint density at radius 2 is 1.84 bits per heavy atom. The molecule has 1 amide bonds. The number of benzene rings is 2. The molecule has 0 N–H and O–H groups in total. The summed E-state index contributed by atoms with van der Waals surface area (Å²) < 4.78 is 27.5. The third-order valence-electron chi connectivity index (χ3n) is 6.56. The zero-order valence-corrected chi connectivity index (χ0v) is 19.0. The number of hydrogen-bond acceptors (Lipinski definition) is 5. The molecule has 2 aliphatic heterocycles. The molecule has 6 nitrogen and oxygen atoms in total. The van der Waals surface area contributed by atoms with E-state index in [1.165, 1.54) is 17.3 Å². The van der Waals surface area contributed by atoms with Crippen LogP contribution in [-0.4, -0.2) is 49.8 Å². The van der Waals surface area contributed by atoms with Crippen LogP contribution in [0.2, 0.25) is 0 Å². The molecule has 1 saturated carbocycles. The van der Waals surface area contributed by atoms with E-state index in [1.54, 1.807) is 0 Å². The number of carbonyl (C=O) groups excluding carboxylic acids is 1. The van der Waals surface area contributed by atoms with Crippen LogP contribution in [0.1, 0.15) is 47.5 Å². The van der Waals surface area contributed by atoms with E-state index in [4.69, 9.17) is 0 Å². The van der Waals surface area contributed by atoms with Crippen LogP contribution in [0.5, 0.6) is 0 Å². The van der Waals surface area contributed by atoms with Crippen molar-refractivity contribution in [3.63, 3.8) is 0 Å². The highest BCUT2D eigenvalue weighted by atomic mass is 32.2. The summed E-state index contributed by atoms with van der Waals surface area (Å²) in [5.74, 6) is 0.615. The molecule has 2 heterocycles. The summed E-state index contributed by atoms with van der Waals surface area (Å²) in [4.78, 5) is 17.9. The van der Waals surface area contributed by atoms with E-state index in [0.717, 1.165) is 36.3 Å². The van der Waals surface area contributed by atoms with Gasteiger partial charge in [-0.15, -0.1) is 4.40 Å². The summed E-state index contributed by atoms with van der Waals surface area (Å²) in [5.41, 5.74) is 2.97. The van der Waals surface area contributed by atoms with E-state index in [0.29, 0.717) is 23.2 Å². The minimum absolute atomic E-state index is 0.0194. The van der Waals surface area contributed by atoms with Gasteiger partial charge in [0.2, 0.25) is 0 Å². The Hall–Kier alpha value is -2.32. The van der Waals surface area contributed by atoms with E-state index < -0.39 is 10.0 Å². The Balaban J connectivity index is 1.28. The summed E-state index contributed by atoms with van der Waals surface area (Å²) in [5, 5.41) is 0.485. The summed E-state index contributed by atoms with van der Waals surface area (Å²) >= 11 is 1.33. The molecule has 5 rings (SSSR count). The first-order valence-electron chi connectivity index (χ1n) is 10.7. The number of amidine groups is 1. The van der Waals surface area contributed by atoms with Crippen molar-refractivity contribution in [2.24, 2.45) is 4.40 Å². The van der Waals surface area contributed by atoms with Gasteiger partial charge in [0.25, 0.3) is 15.9 Å². The highest BCUT2D eigenvalue weighted by Crippen LogP contribution is 2.42. The minimum Gasteiger partial charge on any atom is -0.339 e. The summed E-state index contributed by atoms with van der Waals surface area (Å²) in [6.07, 6.45) is 4.19. The van der Waals surface area contributed by atoms with Crippen molar-refractivity contribution < 1.29 is 13.2 Å². The third kappa shape index (κ3) is 3.99. The second kappa shape index (κ2) is 7.98. The van der Waals surface area contributed by atoms with Gasteiger partial charge < -0.3 is 9.80 Å². The molecule has 3 aliphatic rings. The maximum absolute atomic E-state index is 13.2. The first-order chi connectivity index (χ1) is 14.9. The maximum atomic E-state index is 13.2. The number of carbonyl (C=O) groups is 1.